The van der Waals surface area contributed by atoms with Gasteiger partial charge >= 0.3 is 0 Å². The summed E-state index contributed by atoms with van der Waals surface area (Å²) in [6, 6.07) is 78.8. The summed E-state index contributed by atoms with van der Waals surface area (Å²) in [5.74, 6) is 0. The maximum atomic E-state index is 5.02. The first-order chi connectivity index (χ1) is 31.7. The van der Waals surface area contributed by atoms with E-state index in [4.69, 9.17) is 9.97 Å². The molecule has 0 unspecified atom stereocenters. The SMILES string of the molecule is c1ccc2cc(N(c3ccc(-c4ccc(-n5c6ccc(-c7nc8ccccc8s7)cc6c6c7ccccc7ccc65)cc4)cc3)c3ccc(-c4nc5ccccc5s4)cc3)ccc2c1. The highest BCUT2D eigenvalue weighted by Gasteiger charge is 2.18. The van der Waals surface area contributed by atoms with E-state index in [1.54, 1.807) is 22.7 Å². The van der Waals surface area contributed by atoms with E-state index in [1.807, 2.05) is 6.07 Å². The Labute approximate surface area is 377 Å². The van der Waals surface area contributed by atoms with E-state index in [0.717, 1.165) is 66.1 Å². The molecule has 0 N–H and O–H groups in total. The van der Waals surface area contributed by atoms with Crippen molar-refractivity contribution in [2.45, 2.75) is 0 Å². The van der Waals surface area contributed by atoms with Crippen LogP contribution in [0.2, 0.25) is 0 Å². The number of hydrogen-bond acceptors (Lipinski definition) is 5. The Morgan fingerprint density at radius 2 is 0.875 bits per heavy atom. The highest BCUT2D eigenvalue weighted by atomic mass is 32.1. The van der Waals surface area contributed by atoms with Crippen LogP contribution in [0.1, 0.15) is 0 Å². The van der Waals surface area contributed by atoms with E-state index in [0.29, 0.717) is 0 Å². The summed E-state index contributed by atoms with van der Waals surface area (Å²) in [6.07, 6.45) is 0. The molecule has 0 aliphatic heterocycles. The van der Waals surface area contributed by atoms with Gasteiger partial charge in [-0.2, -0.15) is 0 Å². The Kier molecular flexibility index (Phi) is 8.54. The van der Waals surface area contributed by atoms with Crippen molar-refractivity contribution in [2.75, 3.05) is 4.90 Å². The standard InChI is InChI=1S/C58H36N4S2/c1-2-11-42-35-47(32-21-37(42)9-1)61(45-30-22-41(23-31-45)57-59-50-13-5-7-15-54(50)63-57)44-26-17-38(18-27-44)39-19-28-46(29-20-39)62-52-33-25-43(58-60-51-14-6-8-16-55(51)64-58)36-49(52)56-48-12-4-3-10-40(48)24-34-53(56)62/h1-36H. The van der Waals surface area contributed by atoms with Crippen molar-refractivity contribution >= 4 is 104 Å². The van der Waals surface area contributed by atoms with Gasteiger partial charge in [-0.3, -0.25) is 0 Å². The topological polar surface area (TPSA) is 34.0 Å². The van der Waals surface area contributed by atoms with E-state index < -0.39 is 0 Å². The van der Waals surface area contributed by atoms with Gasteiger partial charge < -0.3 is 9.47 Å². The molecule has 64 heavy (non-hydrogen) atoms. The first kappa shape index (κ1) is 36.7. The Hall–Kier alpha value is -7.90. The van der Waals surface area contributed by atoms with E-state index in [1.165, 1.54) is 52.8 Å². The molecule has 4 nitrogen and oxygen atoms in total. The fraction of sp³-hybridized carbons (Fsp3) is 0. The van der Waals surface area contributed by atoms with Crippen molar-refractivity contribution in [3.8, 4) is 38.0 Å². The van der Waals surface area contributed by atoms with Crippen LogP contribution in [0, 0.1) is 0 Å². The van der Waals surface area contributed by atoms with Crippen LogP contribution in [-0.2, 0) is 0 Å². The second-order valence-corrected chi connectivity index (χ2v) is 18.3. The molecular formula is C58H36N4S2. The number of rotatable bonds is 7. The Balaban J connectivity index is 0.864. The summed E-state index contributed by atoms with van der Waals surface area (Å²) in [4.78, 5) is 12.3. The predicted molar refractivity (Wildman–Crippen MR) is 273 cm³/mol. The zero-order valence-electron chi connectivity index (χ0n) is 34.4. The van der Waals surface area contributed by atoms with Crippen LogP contribution < -0.4 is 4.90 Å². The lowest BCUT2D eigenvalue weighted by molar-refractivity contribution is 1.18. The average Bonchev–Trinajstić information content (AvgIpc) is 4.09. The summed E-state index contributed by atoms with van der Waals surface area (Å²) in [7, 11) is 0. The monoisotopic (exact) mass is 852 g/mol. The van der Waals surface area contributed by atoms with E-state index in [-0.39, 0.29) is 0 Å². The first-order valence-corrected chi connectivity index (χ1v) is 23.1. The maximum absolute atomic E-state index is 5.02. The van der Waals surface area contributed by atoms with E-state index >= 15 is 0 Å². The minimum atomic E-state index is 1.03. The fourth-order valence-corrected chi connectivity index (χ4v) is 11.2. The lowest BCUT2D eigenvalue weighted by Crippen LogP contribution is -2.09. The van der Waals surface area contributed by atoms with Crippen molar-refractivity contribution in [1.82, 2.24) is 14.5 Å². The van der Waals surface area contributed by atoms with Crippen molar-refractivity contribution in [3.05, 3.63) is 218 Å². The Morgan fingerprint density at radius 3 is 1.56 bits per heavy atom. The highest BCUT2D eigenvalue weighted by molar-refractivity contribution is 7.22. The van der Waals surface area contributed by atoms with Crippen molar-refractivity contribution < 1.29 is 0 Å². The van der Waals surface area contributed by atoms with Crippen LogP contribution in [0.3, 0.4) is 0 Å². The van der Waals surface area contributed by atoms with Gasteiger partial charge in [-0.1, -0.05) is 109 Å². The highest BCUT2D eigenvalue weighted by Crippen LogP contribution is 2.42. The minimum absolute atomic E-state index is 1.03. The van der Waals surface area contributed by atoms with Crippen LogP contribution in [-0.4, -0.2) is 14.5 Å². The first-order valence-electron chi connectivity index (χ1n) is 21.5. The largest absolute Gasteiger partial charge is 0.310 e. The summed E-state index contributed by atoms with van der Waals surface area (Å²) >= 11 is 3.48. The molecule has 0 bridgehead atoms. The second-order valence-electron chi connectivity index (χ2n) is 16.2. The van der Waals surface area contributed by atoms with Crippen molar-refractivity contribution in [3.63, 3.8) is 0 Å². The molecule has 0 fully saturated rings. The molecule has 3 aromatic heterocycles. The van der Waals surface area contributed by atoms with Crippen LogP contribution in [0.5, 0.6) is 0 Å². The van der Waals surface area contributed by atoms with Crippen LogP contribution in [0.4, 0.5) is 17.1 Å². The van der Waals surface area contributed by atoms with Gasteiger partial charge in [0, 0.05) is 44.6 Å². The van der Waals surface area contributed by atoms with Gasteiger partial charge in [0.25, 0.3) is 0 Å². The van der Waals surface area contributed by atoms with Gasteiger partial charge in [-0.15, -0.1) is 22.7 Å². The summed E-state index contributed by atoms with van der Waals surface area (Å²) < 4.78 is 4.81. The average molecular weight is 853 g/mol. The molecule has 300 valence electrons. The molecule has 13 rings (SSSR count). The number of fused-ring (bicyclic) bond motifs is 8. The third kappa shape index (κ3) is 6.18. The molecule has 0 radical (unpaired) electrons. The summed E-state index contributed by atoms with van der Waals surface area (Å²) in [6.45, 7) is 0. The minimum Gasteiger partial charge on any atom is -0.310 e. The molecule has 0 atom stereocenters. The molecule has 0 aliphatic carbocycles. The quantitative estimate of drug-likeness (QED) is 0.160. The summed E-state index contributed by atoms with van der Waals surface area (Å²) in [5, 5.41) is 9.48. The molecule has 0 saturated heterocycles. The lowest BCUT2D eigenvalue weighted by atomic mass is 10.0. The molecule has 3 heterocycles. The van der Waals surface area contributed by atoms with E-state index in [2.05, 4.69) is 222 Å². The number of para-hydroxylation sites is 2. The zero-order valence-corrected chi connectivity index (χ0v) is 36.0. The van der Waals surface area contributed by atoms with E-state index in [9.17, 15) is 0 Å². The number of nitrogens with zero attached hydrogens (tertiary/aromatic N) is 4. The number of benzene rings is 10. The van der Waals surface area contributed by atoms with Crippen LogP contribution in [0.15, 0.2) is 218 Å². The van der Waals surface area contributed by atoms with Gasteiger partial charge in [0.15, 0.2) is 0 Å². The van der Waals surface area contributed by atoms with Crippen LogP contribution >= 0.6 is 22.7 Å². The Bertz CT molecular complexity index is 3830. The number of thiazole rings is 2. The van der Waals surface area contributed by atoms with Gasteiger partial charge in [-0.25, -0.2) is 9.97 Å². The maximum Gasteiger partial charge on any atom is 0.124 e. The zero-order chi connectivity index (χ0) is 42.1. The van der Waals surface area contributed by atoms with Gasteiger partial charge in [0.1, 0.15) is 10.0 Å². The molecular weight excluding hydrogens is 817 g/mol. The second kappa shape index (κ2) is 14.9. The third-order valence-corrected chi connectivity index (χ3v) is 14.6. The molecule has 0 aliphatic rings. The molecule has 0 amide bonds. The fourth-order valence-electron chi connectivity index (χ4n) is 9.32. The smallest absolute Gasteiger partial charge is 0.124 e. The number of hydrogen-bond donors (Lipinski definition) is 0. The molecule has 0 saturated carbocycles. The molecule has 6 heteroatoms. The predicted octanol–water partition coefficient (Wildman–Crippen LogP) is 16.8. The normalized spacial score (nSPS) is 11.8. The molecule has 13 aromatic rings. The molecule has 0 spiro atoms. The van der Waals surface area contributed by atoms with Crippen molar-refractivity contribution in [1.29, 1.82) is 0 Å². The third-order valence-electron chi connectivity index (χ3n) is 12.4. The lowest BCUT2D eigenvalue weighted by Gasteiger charge is -2.26. The number of anilines is 3. The Morgan fingerprint density at radius 1 is 0.359 bits per heavy atom. The van der Waals surface area contributed by atoms with Gasteiger partial charge in [0.05, 0.1) is 31.5 Å². The van der Waals surface area contributed by atoms with Crippen molar-refractivity contribution in [2.24, 2.45) is 0 Å². The number of aromatic nitrogens is 3. The molecule has 10 aromatic carbocycles. The summed E-state index contributed by atoms with van der Waals surface area (Å²) in [5.41, 5.74) is 13.4. The van der Waals surface area contributed by atoms with Crippen LogP contribution in [0.25, 0.3) is 102 Å². The van der Waals surface area contributed by atoms with Gasteiger partial charge in [0.2, 0.25) is 0 Å². The van der Waals surface area contributed by atoms with Gasteiger partial charge in [-0.05, 0) is 142 Å².